The van der Waals surface area contributed by atoms with Gasteiger partial charge in [-0.3, -0.25) is 13.9 Å². The molecule has 0 aliphatic heterocycles. The van der Waals surface area contributed by atoms with Crippen LogP contribution < -0.4 is 19.1 Å². The normalized spacial score (nSPS) is 12.0. The van der Waals surface area contributed by atoms with Gasteiger partial charge in [0.1, 0.15) is 12.6 Å². The molecule has 3 aromatic rings. The van der Waals surface area contributed by atoms with Crippen LogP contribution in [-0.4, -0.2) is 58.5 Å². The van der Waals surface area contributed by atoms with Gasteiger partial charge < -0.3 is 19.7 Å². The Morgan fingerprint density at radius 3 is 2.10 bits per heavy atom. The molecule has 42 heavy (non-hydrogen) atoms. The molecule has 0 saturated heterocycles. The summed E-state index contributed by atoms with van der Waals surface area (Å²) in [5, 5.41) is 3.29. The van der Waals surface area contributed by atoms with Gasteiger partial charge in [-0.2, -0.15) is 0 Å². The number of rotatable bonds is 13. The smallest absolute Gasteiger partial charge is 0.264 e. The highest BCUT2D eigenvalue weighted by Crippen LogP contribution is 2.32. The van der Waals surface area contributed by atoms with Crippen molar-refractivity contribution in [1.29, 1.82) is 0 Å². The Bertz CT molecular complexity index is 1480. The van der Waals surface area contributed by atoms with Gasteiger partial charge in [-0.15, -0.1) is 0 Å². The second-order valence-electron chi connectivity index (χ2n) is 10.3. The van der Waals surface area contributed by atoms with Crippen molar-refractivity contribution in [2.45, 2.75) is 45.2 Å². The van der Waals surface area contributed by atoms with E-state index in [9.17, 15) is 18.0 Å². The SMILES string of the molecule is COc1ccc(S(=O)(=O)N(CC(=O)N(Cc2ccc(C)cc2)C(C)C(=O)NCC(C)C)c2ccc(Cl)cc2)cc1OC. The fourth-order valence-electron chi connectivity index (χ4n) is 4.17. The number of benzene rings is 3. The Morgan fingerprint density at radius 1 is 0.905 bits per heavy atom. The Labute approximate surface area is 253 Å². The number of halogens is 1. The number of sulfonamides is 1. The van der Waals surface area contributed by atoms with Gasteiger partial charge in [0, 0.05) is 24.2 Å². The molecule has 1 unspecified atom stereocenters. The number of hydrogen-bond donors (Lipinski definition) is 1. The molecule has 0 radical (unpaired) electrons. The van der Waals surface area contributed by atoms with Crippen LogP contribution in [-0.2, 0) is 26.2 Å². The maximum Gasteiger partial charge on any atom is 0.264 e. The molecule has 0 saturated carbocycles. The van der Waals surface area contributed by atoms with Crippen molar-refractivity contribution in [3.63, 3.8) is 0 Å². The zero-order valence-corrected chi connectivity index (χ0v) is 26.3. The Kier molecular flexibility index (Phi) is 11.2. The fourth-order valence-corrected chi connectivity index (χ4v) is 5.72. The van der Waals surface area contributed by atoms with Crippen LogP contribution in [0.25, 0.3) is 0 Å². The van der Waals surface area contributed by atoms with E-state index in [2.05, 4.69) is 5.32 Å². The monoisotopic (exact) mass is 615 g/mol. The van der Waals surface area contributed by atoms with Crippen LogP contribution in [0.5, 0.6) is 11.5 Å². The van der Waals surface area contributed by atoms with Crippen molar-refractivity contribution < 1.29 is 27.5 Å². The first-order chi connectivity index (χ1) is 19.9. The topological polar surface area (TPSA) is 105 Å². The van der Waals surface area contributed by atoms with Crippen LogP contribution in [0, 0.1) is 12.8 Å². The van der Waals surface area contributed by atoms with E-state index in [1.807, 2.05) is 45.0 Å². The van der Waals surface area contributed by atoms with Gasteiger partial charge in [-0.05, 0) is 61.7 Å². The van der Waals surface area contributed by atoms with Crippen molar-refractivity contribution in [2.24, 2.45) is 5.92 Å². The third-order valence-electron chi connectivity index (χ3n) is 6.66. The van der Waals surface area contributed by atoms with Crippen molar-refractivity contribution in [3.8, 4) is 11.5 Å². The summed E-state index contributed by atoms with van der Waals surface area (Å²) in [6, 6.07) is 17.1. The summed E-state index contributed by atoms with van der Waals surface area (Å²) in [5.74, 6) is -0.0883. The summed E-state index contributed by atoms with van der Waals surface area (Å²) < 4.78 is 39.7. The summed E-state index contributed by atoms with van der Waals surface area (Å²) in [7, 11) is -1.44. The third-order valence-corrected chi connectivity index (χ3v) is 8.68. The fraction of sp³-hybridized carbons (Fsp3) is 0.355. The maximum atomic E-state index is 14.1. The van der Waals surface area contributed by atoms with Crippen LogP contribution in [0.3, 0.4) is 0 Å². The number of carbonyl (C=O) groups is 2. The largest absolute Gasteiger partial charge is 0.493 e. The van der Waals surface area contributed by atoms with E-state index in [0.717, 1.165) is 15.4 Å². The molecule has 226 valence electrons. The number of nitrogens with one attached hydrogen (secondary N) is 1. The van der Waals surface area contributed by atoms with Gasteiger partial charge >= 0.3 is 0 Å². The summed E-state index contributed by atoms with van der Waals surface area (Å²) >= 11 is 6.09. The third kappa shape index (κ3) is 8.17. The van der Waals surface area contributed by atoms with Crippen LogP contribution in [0.4, 0.5) is 5.69 Å². The van der Waals surface area contributed by atoms with E-state index in [1.165, 1.54) is 49.5 Å². The van der Waals surface area contributed by atoms with E-state index in [-0.39, 0.29) is 34.7 Å². The first kappa shape index (κ1) is 32.8. The number of amides is 2. The second kappa shape index (κ2) is 14.4. The van der Waals surface area contributed by atoms with Gasteiger partial charge in [0.2, 0.25) is 11.8 Å². The second-order valence-corrected chi connectivity index (χ2v) is 12.6. The van der Waals surface area contributed by atoms with E-state index in [0.29, 0.717) is 17.3 Å². The molecule has 0 fully saturated rings. The van der Waals surface area contributed by atoms with Gasteiger partial charge in [0.05, 0.1) is 24.8 Å². The van der Waals surface area contributed by atoms with Gasteiger partial charge in [0.15, 0.2) is 11.5 Å². The molecule has 0 aliphatic carbocycles. The van der Waals surface area contributed by atoms with Crippen molar-refractivity contribution >= 4 is 39.1 Å². The number of hydrogen-bond acceptors (Lipinski definition) is 6. The molecule has 9 nitrogen and oxygen atoms in total. The summed E-state index contributed by atoms with van der Waals surface area (Å²) in [6.07, 6.45) is 0. The zero-order chi connectivity index (χ0) is 31.0. The van der Waals surface area contributed by atoms with Crippen molar-refractivity contribution in [2.75, 3.05) is 31.6 Å². The molecule has 0 bridgehead atoms. The minimum Gasteiger partial charge on any atom is -0.493 e. The summed E-state index contributed by atoms with van der Waals surface area (Å²) in [4.78, 5) is 28.4. The van der Waals surface area contributed by atoms with E-state index in [1.54, 1.807) is 19.1 Å². The number of anilines is 1. The van der Waals surface area contributed by atoms with Crippen LogP contribution in [0.2, 0.25) is 5.02 Å². The van der Waals surface area contributed by atoms with E-state index in [4.69, 9.17) is 21.1 Å². The number of nitrogens with zero attached hydrogens (tertiary/aromatic N) is 2. The Hall–Kier alpha value is -3.76. The van der Waals surface area contributed by atoms with Crippen molar-refractivity contribution in [3.05, 3.63) is 82.9 Å². The van der Waals surface area contributed by atoms with Crippen LogP contribution in [0.1, 0.15) is 31.9 Å². The predicted molar refractivity (Wildman–Crippen MR) is 165 cm³/mol. The van der Waals surface area contributed by atoms with Crippen LogP contribution in [0.15, 0.2) is 71.6 Å². The number of carbonyl (C=O) groups excluding carboxylic acids is 2. The highest BCUT2D eigenvalue weighted by Gasteiger charge is 2.33. The lowest BCUT2D eigenvalue weighted by molar-refractivity contribution is -0.139. The molecule has 0 aliphatic rings. The average Bonchev–Trinajstić information content (AvgIpc) is 2.97. The molecule has 3 aromatic carbocycles. The van der Waals surface area contributed by atoms with Gasteiger partial charge in [0.25, 0.3) is 10.0 Å². The lowest BCUT2D eigenvalue weighted by Gasteiger charge is -2.32. The molecule has 1 atom stereocenters. The molecular weight excluding hydrogens is 578 g/mol. The van der Waals surface area contributed by atoms with E-state index < -0.39 is 28.5 Å². The summed E-state index contributed by atoms with van der Waals surface area (Å²) in [5.41, 5.74) is 2.09. The first-order valence-corrected chi connectivity index (χ1v) is 15.3. The molecule has 0 spiro atoms. The highest BCUT2D eigenvalue weighted by atomic mass is 35.5. The zero-order valence-electron chi connectivity index (χ0n) is 24.8. The standard InChI is InChI=1S/C31H38ClN3O6S/c1-21(2)18-33-31(37)23(4)34(19-24-9-7-22(3)8-10-24)30(36)20-35(26-13-11-25(32)12-14-26)42(38,39)27-15-16-28(40-5)29(17-27)41-6/h7-17,21,23H,18-20H2,1-6H3,(H,33,37). The lowest BCUT2D eigenvalue weighted by Crippen LogP contribution is -2.51. The average molecular weight is 616 g/mol. The molecule has 1 N–H and O–H groups in total. The number of methoxy groups -OCH3 is 2. The van der Waals surface area contributed by atoms with Gasteiger partial charge in [-0.25, -0.2) is 8.42 Å². The molecule has 11 heteroatoms. The van der Waals surface area contributed by atoms with E-state index >= 15 is 0 Å². The minimum absolute atomic E-state index is 0.101. The lowest BCUT2D eigenvalue weighted by atomic mass is 10.1. The number of aryl methyl sites for hydroxylation is 1. The first-order valence-electron chi connectivity index (χ1n) is 13.5. The predicted octanol–water partition coefficient (Wildman–Crippen LogP) is 5.05. The Morgan fingerprint density at radius 2 is 1.52 bits per heavy atom. The molecular formula is C31H38ClN3O6S. The Balaban J connectivity index is 2.04. The van der Waals surface area contributed by atoms with Crippen LogP contribution >= 0.6 is 11.6 Å². The quantitative estimate of drug-likeness (QED) is 0.289. The van der Waals surface area contributed by atoms with Crippen molar-refractivity contribution in [1.82, 2.24) is 10.2 Å². The molecule has 3 rings (SSSR count). The molecule has 2 amide bonds. The molecule has 0 aromatic heterocycles. The minimum atomic E-state index is -4.29. The molecule has 0 heterocycles. The number of ether oxygens (including phenoxy) is 2. The maximum absolute atomic E-state index is 14.1. The highest BCUT2D eigenvalue weighted by molar-refractivity contribution is 7.92. The van der Waals surface area contributed by atoms with Gasteiger partial charge in [-0.1, -0.05) is 55.3 Å². The summed E-state index contributed by atoms with van der Waals surface area (Å²) in [6.45, 7) is 7.54.